The summed E-state index contributed by atoms with van der Waals surface area (Å²) in [4.78, 5) is 11.8. The van der Waals surface area contributed by atoms with E-state index in [-0.39, 0.29) is 10.6 Å². The second-order valence-corrected chi connectivity index (χ2v) is 4.54. The molecule has 92 valence electrons. The number of hydrogen-bond donors (Lipinski definition) is 2. The van der Waals surface area contributed by atoms with Gasteiger partial charge in [-0.2, -0.15) is 0 Å². The third kappa shape index (κ3) is 3.45. The van der Waals surface area contributed by atoms with Crippen molar-refractivity contribution in [2.75, 3.05) is 0 Å². The zero-order valence-corrected chi connectivity index (χ0v) is 10.2. The van der Waals surface area contributed by atoms with Crippen LogP contribution in [0.25, 0.3) is 0 Å². The number of nitrogens with two attached hydrogens (primary N) is 1. The number of thiocarbonyl (C=S) groups is 1. The number of nitrogens with one attached hydrogen (secondary N) is 1. The van der Waals surface area contributed by atoms with Crippen LogP contribution in [0.3, 0.4) is 0 Å². The van der Waals surface area contributed by atoms with Crippen LogP contribution >= 0.6 is 12.2 Å². The Balaban J connectivity index is 2.94. The first-order chi connectivity index (χ1) is 7.72. The van der Waals surface area contributed by atoms with E-state index in [0.717, 1.165) is 12.1 Å². The molecule has 1 amide bonds. The van der Waals surface area contributed by atoms with Crippen molar-refractivity contribution >= 4 is 23.1 Å². The highest BCUT2D eigenvalue weighted by atomic mass is 32.1. The summed E-state index contributed by atoms with van der Waals surface area (Å²) in [5, 5.41) is 2.49. The average Bonchev–Trinajstić information content (AvgIpc) is 2.15. The van der Waals surface area contributed by atoms with Gasteiger partial charge in [-0.1, -0.05) is 12.2 Å². The predicted octanol–water partition coefficient (Wildman–Crippen LogP) is 1.76. The largest absolute Gasteiger partial charge is 0.391 e. The van der Waals surface area contributed by atoms with Crippen molar-refractivity contribution < 1.29 is 13.6 Å². The van der Waals surface area contributed by atoms with Gasteiger partial charge in [-0.05, 0) is 26.0 Å². The van der Waals surface area contributed by atoms with Gasteiger partial charge in [0, 0.05) is 11.6 Å². The van der Waals surface area contributed by atoms with Crippen LogP contribution < -0.4 is 11.1 Å². The van der Waals surface area contributed by atoms with Gasteiger partial charge < -0.3 is 11.1 Å². The molecule has 0 aliphatic carbocycles. The topological polar surface area (TPSA) is 55.1 Å². The van der Waals surface area contributed by atoms with E-state index in [1.54, 1.807) is 13.8 Å². The number of carbonyl (C=O) groups is 1. The second-order valence-electron chi connectivity index (χ2n) is 4.10. The van der Waals surface area contributed by atoms with E-state index in [2.05, 4.69) is 5.32 Å². The van der Waals surface area contributed by atoms with E-state index in [4.69, 9.17) is 18.0 Å². The van der Waals surface area contributed by atoms with E-state index in [1.807, 2.05) is 0 Å². The molecular formula is C11H12F2N2OS. The van der Waals surface area contributed by atoms with Crippen LogP contribution in [0.15, 0.2) is 18.2 Å². The summed E-state index contributed by atoms with van der Waals surface area (Å²) in [6.45, 7) is 3.20. The highest BCUT2D eigenvalue weighted by Crippen LogP contribution is 2.10. The fourth-order valence-corrected chi connectivity index (χ4v) is 1.15. The molecule has 0 aliphatic rings. The van der Waals surface area contributed by atoms with Gasteiger partial charge in [-0.25, -0.2) is 8.78 Å². The van der Waals surface area contributed by atoms with E-state index in [1.165, 1.54) is 0 Å². The molecule has 6 heteroatoms. The Morgan fingerprint density at radius 3 is 2.18 bits per heavy atom. The van der Waals surface area contributed by atoms with E-state index in [0.29, 0.717) is 6.07 Å². The van der Waals surface area contributed by atoms with Crippen LogP contribution in [-0.2, 0) is 0 Å². The minimum absolute atomic E-state index is 0.0859. The molecule has 1 aromatic rings. The molecule has 3 N–H and O–H groups in total. The maximum Gasteiger partial charge on any atom is 0.252 e. The summed E-state index contributed by atoms with van der Waals surface area (Å²) in [5.74, 6) is -2.27. The summed E-state index contributed by atoms with van der Waals surface area (Å²) in [6.07, 6.45) is 0. The van der Waals surface area contributed by atoms with Crippen LogP contribution in [0, 0.1) is 11.6 Å². The molecule has 0 spiro atoms. The predicted molar refractivity (Wildman–Crippen MR) is 64.7 cm³/mol. The van der Waals surface area contributed by atoms with Crippen molar-refractivity contribution in [3.8, 4) is 0 Å². The van der Waals surface area contributed by atoms with Gasteiger partial charge in [-0.3, -0.25) is 4.79 Å². The Labute approximate surface area is 103 Å². The van der Waals surface area contributed by atoms with Crippen LogP contribution in [0.2, 0.25) is 0 Å². The lowest BCUT2D eigenvalue weighted by Crippen LogP contribution is -2.52. The molecule has 0 radical (unpaired) electrons. The fraction of sp³-hybridized carbons (Fsp3) is 0.273. The molecule has 0 heterocycles. The van der Waals surface area contributed by atoms with Gasteiger partial charge >= 0.3 is 0 Å². The lowest BCUT2D eigenvalue weighted by molar-refractivity contribution is 0.0931. The molecule has 3 nitrogen and oxygen atoms in total. The molecule has 17 heavy (non-hydrogen) atoms. The summed E-state index contributed by atoms with van der Waals surface area (Å²) >= 11 is 4.77. The number of benzene rings is 1. The van der Waals surface area contributed by atoms with Crippen molar-refractivity contribution in [1.29, 1.82) is 0 Å². The zero-order chi connectivity index (χ0) is 13.2. The first-order valence-corrected chi connectivity index (χ1v) is 5.22. The molecule has 0 saturated carbocycles. The SMILES string of the molecule is CC(C)(NC(=O)c1cc(F)cc(F)c1)C(N)=S. The summed E-state index contributed by atoms with van der Waals surface area (Å²) in [7, 11) is 0. The normalized spacial score (nSPS) is 11.1. The summed E-state index contributed by atoms with van der Waals surface area (Å²) in [5.41, 5.74) is 4.38. The lowest BCUT2D eigenvalue weighted by atomic mass is 10.0. The van der Waals surface area contributed by atoms with Crippen LogP contribution in [0.1, 0.15) is 24.2 Å². The Hall–Kier alpha value is -1.56. The molecule has 0 saturated heterocycles. The molecular weight excluding hydrogens is 246 g/mol. The Bertz CT molecular complexity index is 454. The third-order valence-corrected chi connectivity index (χ3v) is 2.68. The second kappa shape index (κ2) is 4.75. The summed E-state index contributed by atoms with van der Waals surface area (Å²) in [6, 6.07) is 2.57. The van der Waals surface area contributed by atoms with Crippen molar-refractivity contribution in [1.82, 2.24) is 5.32 Å². The minimum atomic E-state index is -0.921. The van der Waals surface area contributed by atoms with Gasteiger partial charge in [0.25, 0.3) is 5.91 Å². The highest BCUT2D eigenvalue weighted by molar-refractivity contribution is 7.80. The molecule has 0 unspecified atom stereocenters. The molecule has 1 aromatic carbocycles. The number of hydrogen-bond acceptors (Lipinski definition) is 2. The van der Waals surface area contributed by atoms with Crippen molar-refractivity contribution in [2.24, 2.45) is 5.73 Å². The van der Waals surface area contributed by atoms with Crippen LogP contribution in [0.4, 0.5) is 8.78 Å². The Morgan fingerprint density at radius 1 is 1.29 bits per heavy atom. The van der Waals surface area contributed by atoms with Crippen molar-refractivity contribution in [2.45, 2.75) is 19.4 Å². The van der Waals surface area contributed by atoms with Crippen molar-refractivity contribution in [3.63, 3.8) is 0 Å². The van der Waals surface area contributed by atoms with E-state index >= 15 is 0 Å². The smallest absolute Gasteiger partial charge is 0.252 e. The first-order valence-electron chi connectivity index (χ1n) is 4.81. The highest BCUT2D eigenvalue weighted by Gasteiger charge is 2.24. The maximum absolute atomic E-state index is 12.9. The monoisotopic (exact) mass is 258 g/mol. The van der Waals surface area contributed by atoms with Gasteiger partial charge in [0.1, 0.15) is 11.6 Å². The lowest BCUT2D eigenvalue weighted by Gasteiger charge is -2.24. The minimum Gasteiger partial charge on any atom is -0.391 e. The average molecular weight is 258 g/mol. The standard InChI is InChI=1S/C11H12F2N2OS/c1-11(2,10(14)17)15-9(16)6-3-7(12)5-8(13)4-6/h3-5H,1-2H3,(H2,14,17)(H,15,16). The molecule has 0 aromatic heterocycles. The number of amides is 1. The molecule has 0 atom stereocenters. The maximum atomic E-state index is 12.9. The van der Waals surface area contributed by atoms with Gasteiger partial charge in [0.15, 0.2) is 0 Å². The van der Waals surface area contributed by atoms with Gasteiger partial charge in [-0.15, -0.1) is 0 Å². The number of carbonyl (C=O) groups excluding carboxylic acids is 1. The van der Waals surface area contributed by atoms with Crippen LogP contribution in [0.5, 0.6) is 0 Å². The number of halogens is 2. The fourth-order valence-electron chi connectivity index (χ4n) is 1.10. The van der Waals surface area contributed by atoms with Crippen molar-refractivity contribution in [3.05, 3.63) is 35.4 Å². The third-order valence-electron chi connectivity index (χ3n) is 2.17. The molecule has 0 fully saturated rings. The Kier molecular flexibility index (Phi) is 3.77. The van der Waals surface area contributed by atoms with E-state index in [9.17, 15) is 13.6 Å². The molecule has 1 rings (SSSR count). The molecule has 0 aliphatic heterocycles. The quantitative estimate of drug-likeness (QED) is 0.812. The van der Waals surface area contributed by atoms with Crippen LogP contribution in [-0.4, -0.2) is 16.4 Å². The van der Waals surface area contributed by atoms with E-state index < -0.39 is 23.1 Å². The van der Waals surface area contributed by atoms with Gasteiger partial charge in [0.2, 0.25) is 0 Å². The number of rotatable bonds is 3. The van der Waals surface area contributed by atoms with Gasteiger partial charge in [0.05, 0.1) is 10.5 Å². The molecule has 0 bridgehead atoms. The Morgan fingerprint density at radius 2 is 1.76 bits per heavy atom. The first kappa shape index (κ1) is 13.5. The summed E-state index contributed by atoms with van der Waals surface area (Å²) < 4.78 is 25.8. The zero-order valence-electron chi connectivity index (χ0n) is 9.38.